The number of methoxy groups -OCH3 is 1. The number of fused-ring (bicyclic) bond motifs is 1. The molecule has 0 saturated heterocycles. The first-order valence-corrected chi connectivity index (χ1v) is 8.42. The Labute approximate surface area is 147 Å². The van der Waals surface area contributed by atoms with E-state index in [-0.39, 0.29) is 5.63 Å². The summed E-state index contributed by atoms with van der Waals surface area (Å²) in [6.07, 6.45) is 0. The number of rotatable bonds is 3. The van der Waals surface area contributed by atoms with Gasteiger partial charge in [0.05, 0.1) is 18.2 Å². The van der Waals surface area contributed by atoms with Crippen LogP contribution in [0.15, 0.2) is 21.3 Å². The molecule has 0 aliphatic carbocycles. The second kappa shape index (κ2) is 6.06. The third-order valence-corrected chi connectivity index (χ3v) is 4.94. The lowest BCUT2D eigenvalue weighted by atomic mass is 9.97. The van der Waals surface area contributed by atoms with E-state index in [4.69, 9.17) is 9.15 Å². The van der Waals surface area contributed by atoms with Crippen LogP contribution in [-0.2, 0) is 7.05 Å². The number of aromatic nitrogens is 2. The van der Waals surface area contributed by atoms with Gasteiger partial charge in [-0.3, -0.25) is 4.68 Å². The minimum Gasteiger partial charge on any atom is -0.496 e. The minimum absolute atomic E-state index is 0.309. The van der Waals surface area contributed by atoms with Crippen LogP contribution in [0.25, 0.3) is 22.2 Å². The highest BCUT2D eigenvalue weighted by molar-refractivity contribution is 5.94. The molecule has 1 aromatic carbocycles. The molecule has 0 unspecified atom stereocenters. The van der Waals surface area contributed by atoms with Gasteiger partial charge < -0.3 is 9.15 Å². The lowest BCUT2D eigenvalue weighted by Crippen LogP contribution is -2.07. The van der Waals surface area contributed by atoms with Crippen molar-refractivity contribution in [2.75, 3.05) is 7.11 Å². The van der Waals surface area contributed by atoms with E-state index < -0.39 is 0 Å². The lowest BCUT2D eigenvalue weighted by Gasteiger charge is -2.14. The molecular formula is C20H24N2O3. The van der Waals surface area contributed by atoms with E-state index in [2.05, 4.69) is 25.0 Å². The molecule has 2 aromatic heterocycles. The SMILES string of the molecule is COc1cc(-c2cc(C(C)C)n(C)n2)c(C)c2oc(=O)c(C)c(C)c12. The molecule has 0 fully saturated rings. The molecule has 0 aliphatic heterocycles. The van der Waals surface area contributed by atoms with E-state index in [9.17, 15) is 4.79 Å². The highest BCUT2D eigenvalue weighted by atomic mass is 16.5. The predicted octanol–water partition coefficient (Wildman–Crippen LogP) is 4.25. The zero-order chi connectivity index (χ0) is 18.5. The van der Waals surface area contributed by atoms with Crippen molar-refractivity contribution >= 4 is 11.0 Å². The Hall–Kier alpha value is -2.56. The molecule has 3 rings (SSSR count). The number of nitrogens with zero attached hydrogens (tertiary/aromatic N) is 2. The summed E-state index contributed by atoms with van der Waals surface area (Å²) >= 11 is 0. The molecule has 0 saturated carbocycles. The van der Waals surface area contributed by atoms with Crippen LogP contribution in [0, 0.1) is 20.8 Å². The van der Waals surface area contributed by atoms with E-state index in [0.717, 1.165) is 33.5 Å². The maximum absolute atomic E-state index is 12.2. The number of benzene rings is 1. The maximum Gasteiger partial charge on any atom is 0.339 e. The number of hydrogen-bond acceptors (Lipinski definition) is 4. The average molecular weight is 340 g/mol. The Kier molecular flexibility index (Phi) is 4.19. The van der Waals surface area contributed by atoms with Crippen LogP contribution in [0.3, 0.4) is 0 Å². The summed E-state index contributed by atoms with van der Waals surface area (Å²) in [5.74, 6) is 1.06. The topological polar surface area (TPSA) is 57.3 Å². The molecule has 0 aliphatic rings. The van der Waals surface area contributed by atoms with E-state index in [0.29, 0.717) is 22.8 Å². The highest BCUT2D eigenvalue weighted by Gasteiger charge is 2.20. The molecule has 2 heterocycles. The first-order chi connectivity index (χ1) is 11.8. The molecule has 25 heavy (non-hydrogen) atoms. The Morgan fingerprint density at radius 3 is 2.36 bits per heavy atom. The van der Waals surface area contributed by atoms with Crippen LogP contribution in [-0.4, -0.2) is 16.9 Å². The van der Waals surface area contributed by atoms with Crippen molar-refractivity contribution in [2.24, 2.45) is 7.05 Å². The summed E-state index contributed by atoms with van der Waals surface area (Å²) in [4.78, 5) is 12.2. The second-order valence-electron chi connectivity index (χ2n) is 6.83. The van der Waals surface area contributed by atoms with Crippen LogP contribution in [0.1, 0.15) is 42.1 Å². The molecule has 0 N–H and O–H groups in total. The molecule has 0 amide bonds. The molecule has 0 spiro atoms. The summed E-state index contributed by atoms with van der Waals surface area (Å²) in [5.41, 5.74) is 5.57. The quantitative estimate of drug-likeness (QED) is 0.669. The Morgan fingerprint density at radius 1 is 1.12 bits per heavy atom. The van der Waals surface area contributed by atoms with Gasteiger partial charge in [-0.15, -0.1) is 0 Å². The Balaban J connectivity index is 2.38. The van der Waals surface area contributed by atoms with E-state index in [1.54, 1.807) is 14.0 Å². The monoisotopic (exact) mass is 340 g/mol. The van der Waals surface area contributed by atoms with Gasteiger partial charge in [0.25, 0.3) is 0 Å². The molecule has 3 aromatic rings. The summed E-state index contributed by atoms with van der Waals surface area (Å²) in [6, 6.07) is 4.06. The van der Waals surface area contributed by atoms with Crippen LogP contribution in [0.5, 0.6) is 5.75 Å². The van der Waals surface area contributed by atoms with Gasteiger partial charge in [-0.2, -0.15) is 5.10 Å². The minimum atomic E-state index is -0.309. The molecular weight excluding hydrogens is 316 g/mol. The van der Waals surface area contributed by atoms with Crippen LogP contribution >= 0.6 is 0 Å². The average Bonchev–Trinajstić information content (AvgIpc) is 2.95. The van der Waals surface area contributed by atoms with Crippen LogP contribution < -0.4 is 10.4 Å². The molecule has 0 bridgehead atoms. The first-order valence-electron chi connectivity index (χ1n) is 8.42. The van der Waals surface area contributed by atoms with Gasteiger partial charge in [0.2, 0.25) is 0 Å². The number of ether oxygens (including phenoxy) is 1. The van der Waals surface area contributed by atoms with Gasteiger partial charge in [-0.1, -0.05) is 13.8 Å². The predicted molar refractivity (Wildman–Crippen MR) is 99.5 cm³/mol. The fourth-order valence-corrected chi connectivity index (χ4v) is 3.31. The third kappa shape index (κ3) is 2.64. The summed E-state index contributed by atoms with van der Waals surface area (Å²) in [6.45, 7) is 9.93. The van der Waals surface area contributed by atoms with Gasteiger partial charge in [0.1, 0.15) is 11.3 Å². The van der Waals surface area contributed by atoms with Crippen molar-refractivity contribution < 1.29 is 9.15 Å². The first kappa shape index (κ1) is 17.3. The van der Waals surface area contributed by atoms with Gasteiger partial charge >= 0.3 is 5.63 Å². The van der Waals surface area contributed by atoms with Crippen molar-refractivity contribution in [1.29, 1.82) is 0 Å². The van der Waals surface area contributed by atoms with Crippen LogP contribution in [0.4, 0.5) is 0 Å². The summed E-state index contributed by atoms with van der Waals surface area (Å²) in [7, 11) is 3.58. The molecule has 0 atom stereocenters. The molecule has 5 nitrogen and oxygen atoms in total. The standard InChI is InChI=1S/C20H24N2O3/c1-10(2)16-9-15(21-22(16)6)14-8-17(24-7)18-11(3)12(4)20(23)25-19(18)13(14)5/h8-10H,1-7H3. The second-order valence-corrected chi connectivity index (χ2v) is 6.83. The Morgan fingerprint density at radius 2 is 1.80 bits per heavy atom. The fraction of sp³-hybridized carbons (Fsp3) is 0.400. The number of aryl methyl sites for hydroxylation is 3. The van der Waals surface area contributed by atoms with Crippen molar-refractivity contribution in [3.63, 3.8) is 0 Å². The largest absolute Gasteiger partial charge is 0.496 e. The van der Waals surface area contributed by atoms with E-state index in [1.807, 2.05) is 31.6 Å². The maximum atomic E-state index is 12.2. The normalized spacial score (nSPS) is 11.5. The van der Waals surface area contributed by atoms with Crippen molar-refractivity contribution in [1.82, 2.24) is 9.78 Å². The van der Waals surface area contributed by atoms with E-state index >= 15 is 0 Å². The van der Waals surface area contributed by atoms with Crippen molar-refractivity contribution in [3.8, 4) is 17.0 Å². The molecule has 5 heteroatoms. The van der Waals surface area contributed by atoms with Gasteiger partial charge in [0, 0.05) is 29.4 Å². The zero-order valence-electron chi connectivity index (χ0n) is 15.9. The lowest BCUT2D eigenvalue weighted by molar-refractivity contribution is 0.418. The van der Waals surface area contributed by atoms with Crippen LogP contribution in [0.2, 0.25) is 0 Å². The fourth-order valence-electron chi connectivity index (χ4n) is 3.31. The molecule has 132 valence electrons. The van der Waals surface area contributed by atoms with Gasteiger partial charge in [-0.05, 0) is 44.4 Å². The summed E-state index contributed by atoms with van der Waals surface area (Å²) < 4.78 is 13.1. The Bertz CT molecular complexity index is 1030. The van der Waals surface area contributed by atoms with E-state index in [1.165, 1.54) is 0 Å². The zero-order valence-corrected chi connectivity index (χ0v) is 15.9. The van der Waals surface area contributed by atoms with Gasteiger partial charge in [0.15, 0.2) is 0 Å². The smallest absolute Gasteiger partial charge is 0.339 e. The highest BCUT2D eigenvalue weighted by Crippen LogP contribution is 2.38. The molecule has 0 radical (unpaired) electrons. The summed E-state index contributed by atoms with van der Waals surface area (Å²) in [5, 5.41) is 5.50. The van der Waals surface area contributed by atoms with Crippen molar-refractivity contribution in [3.05, 3.63) is 44.9 Å². The van der Waals surface area contributed by atoms with Gasteiger partial charge in [-0.25, -0.2) is 4.79 Å². The van der Waals surface area contributed by atoms with Crippen molar-refractivity contribution in [2.45, 2.75) is 40.5 Å². The number of hydrogen-bond donors (Lipinski definition) is 0. The third-order valence-electron chi connectivity index (χ3n) is 4.94.